The van der Waals surface area contributed by atoms with E-state index in [2.05, 4.69) is 0 Å². The van der Waals surface area contributed by atoms with Gasteiger partial charge in [0, 0.05) is 24.5 Å². The van der Waals surface area contributed by atoms with Crippen LogP contribution in [0.15, 0.2) is 24.3 Å². The fourth-order valence-electron chi connectivity index (χ4n) is 2.71. The minimum atomic E-state index is -0.404. The van der Waals surface area contributed by atoms with Crippen LogP contribution in [0.2, 0.25) is 0 Å². The zero-order chi connectivity index (χ0) is 14.0. The molecule has 1 saturated heterocycles. The molecule has 1 aromatic carbocycles. The van der Waals surface area contributed by atoms with Gasteiger partial charge in [-0.2, -0.15) is 0 Å². The Labute approximate surface area is 114 Å². The molecule has 1 N–H and O–H groups in total. The number of nitrogens with zero attached hydrogens (tertiary/aromatic N) is 1. The molecular weight excluding hydrogens is 242 g/mol. The van der Waals surface area contributed by atoms with Crippen LogP contribution < -0.4 is 9.64 Å². The van der Waals surface area contributed by atoms with Gasteiger partial charge >= 0.3 is 0 Å². The first-order valence-corrected chi connectivity index (χ1v) is 6.68. The molecule has 1 fully saturated rings. The van der Waals surface area contributed by atoms with Gasteiger partial charge in [-0.05, 0) is 32.9 Å². The molecule has 4 nitrogen and oxygen atoms in total. The SMILES string of the molecule is CCOc1ccccc1N1C(=O)CC(CO)C1(C)C. The summed E-state index contributed by atoms with van der Waals surface area (Å²) < 4.78 is 5.60. The van der Waals surface area contributed by atoms with Crippen molar-refractivity contribution in [3.63, 3.8) is 0 Å². The molecule has 104 valence electrons. The van der Waals surface area contributed by atoms with Gasteiger partial charge in [-0.3, -0.25) is 4.79 Å². The first kappa shape index (κ1) is 13.9. The third kappa shape index (κ3) is 2.32. The van der Waals surface area contributed by atoms with Gasteiger partial charge in [0.25, 0.3) is 0 Å². The van der Waals surface area contributed by atoms with Crippen molar-refractivity contribution in [1.29, 1.82) is 0 Å². The number of rotatable bonds is 4. The van der Waals surface area contributed by atoms with Crippen molar-refractivity contribution in [3.05, 3.63) is 24.3 Å². The van der Waals surface area contributed by atoms with Crippen molar-refractivity contribution >= 4 is 11.6 Å². The summed E-state index contributed by atoms with van der Waals surface area (Å²) in [4.78, 5) is 14.0. The van der Waals surface area contributed by atoms with Crippen LogP contribution in [-0.4, -0.2) is 29.8 Å². The highest BCUT2D eigenvalue weighted by atomic mass is 16.5. The minimum Gasteiger partial charge on any atom is -0.492 e. The Balaban J connectivity index is 2.43. The first-order chi connectivity index (χ1) is 9.02. The highest BCUT2D eigenvalue weighted by Crippen LogP contribution is 2.42. The number of ether oxygens (including phenoxy) is 1. The number of hydrogen-bond donors (Lipinski definition) is 1. The Morgan fingerprint density at radius 3 is 2.68 bits per heavy atom. The molecule has 0 radical (unpaired) electrons. The number of hydrogen-bond acceptors (Lipinski definition) is 3. The van der Waals surface area contributed by atoms with Crippen LogP contribution in [0.3, 0.4) is 0 Å². The Hall–Kier alpha value is -1.55. The summed E-state index contributed by atoms with van der Waals surface area (Å²) in [6.45, 7) is 6.47. The number of aliphatic hydroxyl groups is 1. The van der Waals surface area contributed by atoms with E-state index in [9.17, 15) is 9.90 Å². The second-order valence-corrected chi connectivity index (χ2v) is 5.37. The van der Waals surface area contributed by atoms with E-state index in [0.717, 1.165) is 5.69 Å². The summed E-state index contributed by atoms with van der Waals surface area (Å²) in [6, 6.07) is 7.55. The second-order valence-electron chi connectivity index (χ2n) is 5.37. The van der Waals surface area contributed by atoms with Crippen LogP contribution in [0, 0.1) is 5.92 Å². The normalized spacial score (nSPS) is 21.8. The third-order valence-electron chi connectivity index (χ3n) is 3.87. The Bertz CT molecular complexity index is 470. The molecule has 2 rings (SSSR count). The molecule has 1 aliphatic heterocycles. The second kappa shape index (κ2) is 5.21. The first-order valence-electron chi connectivity index (χ1n) is 6.68. The number of carbonyl (C=O) groups excluding carboxylic acids is 1. The molecular formula is C15H21NO3. The zero-order valence-electron chi connectivity index (χ0n) is 11.7. The largest absolute Gasteiger partial charge is 0.492 e. The molecule has 1 amide bonds. The van der Waals surface area contributed by atoms with Crippen molar-refractivity contribution < 1.29 is 14.6 Å². The van der Waals surface area contributed by atoms with Crippen LogP contribution in [0.4, 0.5) is 5.69 Å². The van der Waals surface area contributed by atoms with Crippen LogP contribution in [0.1, 0.15) is 27.2 Å². The maximum Gasteiger partial charge on any atom is 0.228 e. The van der Waals surface area contributed by atoms with Crippen molar-refractivity contribution in [1.82, 2.24) is 0 Å². The molecule has 4 heteroatoms. The Morgan fingerprint density at radius 2 is 2.11 bits per heavy atom. The summed E-state index contributed by atoms with van der Waals surface area (Å²) in [6.07, 6.45) is 0.379. The molecule has 0 saturated carbocycles. The van der Waals surface area contributed by atoms with Crippen molar-refractivity contribution in [2.75, 3.05) is 18.1 Å². The number of amides is 1. The molecule has 1 heterocycles. The topological polar surface area (TPSA) is 49.8 Å². The maximum atomic E-state index is 12.3. The molecule has 0 aromatic heterocycles. The number of anilines is 1. The maximum absolute atomic E-state index is 12.3. The lowest BCUT2D eigenvalue weighted by Crippen LogP contribution is -2.45. The average Bonchev–Trinajstić information content (AvgIpc) is 2.60. The van der Waals surface area contributed by atoms with Gasteiger partial charge in [-0.25, -0.2) is 0 Å². The molecule has 19 heavy (non-hydrogen) atoms. The highest BCUT2D eigenvalue weighted by Gasteiger charge is 2.47. The van der Waals surface area contributed by atoms with E-state index in [1.54, 1.807) is 4.90 Å². The summed E-state index contributed by atoms with van der Waals surface area (Å²) >= 11 is 0. The number of aliphatic hydroxyl groups excluding tert-OH is 1. The predicted molar refractivity (Wildman–Crippen MR) is 74.4 cm³/mol. The van der Waals surface area contributed by atoms with E-state index in [1.807, 2.05) is 45.0 Å². The molecule has 1 unspecified atom stereocenters. The quantitative estimate of drug-likeness (QED) is 0.906. The van der Waals surface area contributed by atoms with Gasteiger partial charge in [0.15, 0.2) is 0 Å². The van der Waals surface area contributed by atoms with Gasteiger partial charge in [-0.15, -0.1) is 0 Å². The monoisotopic (exact) mass is 263 g/mol. The van der Waals surface area contributed by atoms with Crippen molar-refractivity contribution in [2.45, 2.75) is 32.7 Å². The lowest BCUT2D eigenvalue weighted by molar-refractivity contribution is -0.117. The van der Waals surface area contributed by atoms with Crippen molar-refractivity contribution in [2.24, 2.45) is 5.92 Å². The molecule has 0 bridgehead atoms. The standard InChI is InChI=1S/C15H21NO3/c1-4-19-13-8-6-5-7-12(13)16-14(18)9-11(10-17)15(16,2)3/h5-8,11,17H,4,9-10H2,1-3H3. The Morgan fingerprint density at radius 1 is 1.42 bits per heavy atom. The highest BCUT2D eigenvalue weighted by molar-refractivity contribution is 5.99. The summed E-state index contributed by atoms with van der Waals surface area (Å²) in [5, 5.41) is 9.45. The van der Waals surface area contributed by atoms with Crippen LogP contribution in [0.25, 0.3) is 0 Å². The van der Waals surface area contributed by atoms with Crippen LogP contribution >= 0.6 is 0 Å². The van der Waals surface area contributed by atoms with Gasteiger partial charge < -0.3 is 14.7 Å². The lowest BCUT2D eigenvalue weighted by atomic mass is 9.89. The van der Waals surface area contributed by atoms with Gasteiger partial charge in [0.1, 0.15) is 5.75 Å². The third-order valence-corrected chi connectivity index (χ3v) is 3.87. The van der Waals surface area contributed by atoms with Crippen LogP contribution in [-0.2, 0) is 4.79 Å². The smallest absolute Gasteiger partial charge is 0.228 e. The molecule has 1 atom stereocenters. The van der Waals surface area contributed by atoms with E-state index < -0.39 is 5.54 Å². The minimum absolute atomic E-state index is 0.0199. The van der Waals surface area contributed by atoms with E-state index in [1.165, 1.54) is 0 Å². The lowest BCUT2D eigenvalue weighted by Gasteiger charge is -2.36. The summed E-state index contributed by atoms with van der Waals surface area (Å²) in [5.41, 5.74) is 0.384. The molecule has 1 aliphatic rings. The van der Waals surface area contributed by atoms with Gasteiger partial charge in [0.05, 0.1) is 12.3 Å². The molecule has 0 aliphatic carbocycles. The fourth-order valence-corrected chi connectivity index (χ4v) is 2.71. The molecule has 1 aromatic rings. The van der Waals surface area contributed by atoms with E-state index >= 15 is 0 Å². The van der Waals surface area contributed by atoms with Gasteiger partial charge in [-0.1, -0.05) is 12.1 Å². The number of para-hydroxylation sites is 2. The predicted octanol–water partition coefficient (Wildman–Crippen LogP) is 2.21. The fraction of sp³-hybridized carbons (Fsp3) is 0.533. The summed E-state index contributed by atoms with van der Waals surface area (Å²) in [5.74, 6) is 0.705. The number of benzene rings is 1. The van der Waals surface area contributed by atoms with Gasteiger partial charge in [0.2, 0.25) is 5.91 Å². The molecule has 0 spiro atoms. The summed E-state index contributed by atoms with van der Waals surface area (Å²) in [7, 11) is 0. The van der Waals surface area contributed by atoms with Crippen molar-refractivity contribution in [3.8, 4) is 5.75 Å². The van der Waals surface area contributed by atoms with Crippen LogP contribution in [0.5, 0.6) is 5.75 Å². The average molecular weight is 263 g/mol. The Kier molecular flexibility index (Phi) is 3.80. The van der Waals surface area contributed by atoms with E-state index in [0.29, 0.717) is 18.8 Å². The van der Waals surface area contributed by atoms with E-state index in [-0.39, 0.29) is 18.4 Å². The zero-order valence-corrected chi connectivity index (χ0v) is 11.7. The number of carbonyl (C=O) groups is 1. The van der Waals surface area contributed by atoms with E-state index in [4.69, 9.17) is 4.74 Å².